The van der Waals surface area contributed by atoms with Crippen LogP contribution in [0.15, 0.2) is 182 Å². The molecule has 1 aliphatic carbocycles. The number of nitriles is 1. The van der Waals surface area contributed by atoms with E-state index in [9.17, 15) is 5.26 Å². The van der Waals surface area contributed by atoms with Crippen molar-refractivity contribution in [1.29, 1.82) is 5.26 Å². The van der Waals surface area contributed by atoms with Crippen molar-refractivity contribution in [2.45, 2.75) is 0 Å². The van der Waals surface area contributed by atoms with Gasteiger partial charge in [-0.3, -0.25) is 0 Å². The van der Waals surface area contributed by atoms with Crippen molar-refractivity contribution >= 4 is 10.8 Å². The monoisotopic (exact) mass is 686 g/mol. The van der Waals surface area contributed by atoms with Crippen LogP contribution in [0.2, 0.25) is 0 Å². The predicted molar refractivity (Wildman–Crippen MR) is 219 cm³/mol. The molecule has 0 saturated carbocycles. The smallest absolute Gasteiger partial charge is 0.164 e. The first-order valence-corrected chi connectivity index (χ1v) is 18.0. The predicted octanol–water partition coefficient (Wildman–Crippen LogP) is 12.5. The Labute approximate surface area is 313 Å². The molecule has 54 heavy (non-hydrogen) atoms. The molecule has 0 fully saturated rings. The van der Waals surface area contributed by atoms with Gasteiger partial charge in [-0.15, -0.1) is 0 Å². The molecule has 1 heterocycles. The van der Waals surface area contributed by atoms with Crippen molar-refractivity contribution in [1.82, 2.24) is 15.0 Å². The van der Waals surface area contributed by atoms with Gasteiger partial charge in [-0.1, -0.05) is 170 Å². The standard InChI is InChI=1S/C50H30N4/c51-31-32-15-17-33(18-16-32)34-19-21-35(22-20-34)40-27-29-44-42-13-7-8-14-43(42)45-30-28-41(46(40)47(44)45)36-23-25-39(26-24-36)50-53-48(37-9-3-1-4-10-37)52-49(54-50)38-11-5-2-6-12-38/h1-30H. The number of rotatable bonds is 6. The zero-order valence-electron chi connectivity index (χ0n) is 29.1. The van der Waals surface area contributed by atoms with Crippen molar-refractivity contribution in [2.24, 2.45) is 0 Å². The van der Waals surface area contributed by atoms with Crippen LogP contribution in [-0.4, -0.2) is 15.0 Å². The zero-order valence-corrected chi connectivity index (χ0v) is 29.1. The number of aromatic nitrogens is 3. The van der Waals surface area contributed by atoms with E-state index in [1.54, 1.807) is 0 Å². The number of nitrogens with zero attached hydrogens (tertiary/aromatic N) is 4. The van der Waals surface area contributed by atoms with Gasteiger partial charge in [0.2, 0.25) is 0 Å². The molecule has 0 saturated heterocycles. The normalized spacial score (nSPS) is 11.3. The van der Waals surface area contributed by atoms with Crippen LogP contribution >= 0.6 is 0 Å². The van der Waals surface area contributed by atoms with Crippen LogP contribution in [0.3, 0.4) is 0 Å². The summed E-state index contributed by atoms with van der Waals surface area (Å²) < 4.78 is 0. The Morgan fingerprint density at radius 2 is 0.611 bits per heavy atom. The molecular formula is C50H30N4. The van der Waals surface area contributed by atoms with Gasteiger partial charge >= 0.3 is 0 Å². The molecule has 0 unspecified atom stereocenters. The second-order valence-electron chi connectivity index (χ2n) is 13.5. The van der Waals surface area contributed by atoms with Crippen molar-refractivity contribution in [3.8, 4) is 95.9 Å². The van der Waals surface area contributed by atoms with E-state index < -0.39 is 0 Å². The summed E-state index contributed by atoms with van der Waals surface area (Å²) in [6.07, 6.45) is 0. The molecule has 9 aromatic rings. The number of hydrogen-bond acceptors (Lipinski definition) is 4. The molecule has 0 radical (unpaired) electrons. The quantitative estimate of drug-likeness (QED) is 0.175. The maximum absolute atomic E-state index is 9.26. The lowest BCUT2D eigenvalue weighted by Crippen LogP contribution is -2.00. The minimum absolute atomic E-state index is 0.633. The van der Waals surface area contributed by atoms with Crippen molar-refractivity contribution in [3.05, 3.63) is 188 Å². The molecule has 0 spiro atoms. The van der Waals surface area contributed by atoms with Gasteiger partial charge in [-0.25, -0.2) is 15.0 Å². The maximum atomic E-state index is 9.26. The SMILES string of the molecule is N#Cc1ccc(-c2ccc(-c3ccc4c5c(ccc(-c6ccc(-c7nc(-c8ccccc8)nc(-c8ccccc8)n7)cc6)c35)-c3ccccc3-4)cc2)cc1. The van der Waals surface area contributed by atoms with E-state index in [-0.39, 0.29) is 0 Å². The first-order chi connectivity index (χ1) is 26.7. The fourth-order valence-electron chi connectivity index (χ4n) is 7.69. The minimum atomic E-state index is 0.633. The van der Waals surface area contributed by atoms with Gasteiger partial charge in [-0.2, -0.15) is 5.26 Å². The van der Waals surface area contributed by atoms with Crippen LogP contribution in [0.25, 0.3) is 101 Å². The lowest BCUT2D eigenvalue weighted by molar-refractivity contribution is 1.07. The van der Waals surface area contributed by atoms with Crippen LogP contribution in [0.4, 0.5) is 0 Å². The average molecular weight is 687 g/mol. The molecule has 0 aliphatic heterocycles. The highest BCUT2D eigenvalue weighted by Gasteiger charge is 2.25. The minimum Gasteiger partial charge on any atom is -0.208 e. The Morgan fingerprint density at radius 3 is 1.06 bits per heavy atom. The highest BCUT2D eigenvalue weighted by molar-refractivity contribution is 6.22. The van der Waals surface area contributed by atoms with Crippen LogP contribution in [0, 0.1) is 11.3 Å². The van der Waals surface area contributed by atoms with E-state index in [0.717, 1.165) is 38.9 Å². The average Bonchev–Trinajstić information content (AvgIpc) is 3.59. The van der Waals surface area contributed by atoms with Crippen LogP contribution in [-0.2, 0) is 0 Å². The highest BCUT2D eigenvalue weighted by atomic mass is 15.0. The largest absolute Gasteiger partial charge is 0.208 e. The summed E-state index contributed by atoms with van der Waals surface area (Å²) in [6, 6.07) is 65.3. The fourth-order valence-corrected chi connectivity index (χ4v) is 7.69. The molecule has 0 atom stereocenters. The molecular weight excluding hydrogens is 657 g/mol. The summed E-state index contributed by atoms with van der Waals surface area (Å²) in [5.41, 5.74) is 15.4. The second-order valence-corrected chi connectivity index (χ2v) is 13.5. The van der Waals surface area contributed by atoms with Crippen LogP contribution < -0.4 is 0 Å². The number of fused-ring (bicyclic) bond motifs is 3. The summed E-state index contributed by atoms with van der Waals surface area (Å²) >= 11 is 0. The third kappa shape index (κ3) is 5.35. The van der Waals surface area contributed by atoms with Gasteiger partial charge < -0.3 is 0 Å². The second kappa shape index (κ2) is 12.9. The molecule has 1 aliphatic rings. The van der Waals surface area contributed by atoms with Crippen LogP contribution in [0.5, 0.6) is 0 Å². The Kier molecular flexibility index (Phi) is 7.49. The molecule has 10 rings (SSSR count). The van der Waals surface area contributed by atoms with Gasteiger partial charge in [0.15, 0.2) is 17.5 Å². The summed E-state index contributed by atoms with van der Waals surface area (Å²) in [7, 11) is 0. The van der Waals surface area contributed by atoms with Gasteiger partial charge in [0, 0.05) is 16.7 Å². The van der Waals surface area contributed by atoms with E-state index >= 15 is 0 Å². The van der Waals surface area contributed by atoms with Crippen LogP contribution in [0.1, 0.15) is 5.56 Å². The highest BCUT2D eigenvalue weighted by Crippen LogP contribution is 2.52. The lowest BCUT2D eigenvalue weighted by atomic mass is 9.88. The van der Waals surface area contributed by atoms with Gasteiger partial charge in [0.25, 0.3) is 0 Å². The Hall–Kier alpha value is -7.48. The molecule has 0 bridgehead atoms. The third-order valence-corrected chi connectivity index (χ3v) is 10.4. The topological polar surface area (TPSA) is 62.5 Å². The Morgan fingerprint density at radius 1 is 0.278 bits per heavy atom. The fraction of sp³-hybridized carbons (Fsp3) is 0. The van der Waals surface area contributed by atoms with E-state index in [1.807, 2.05) is 84.9 Å². The molecule has 4 heteroatoms. The van der Waals surface area contributed by atoms with Crippen molar-refractivity contribution < 1.29 is 0 Å². The van der Waals surface area contributed by atoms with Crippen molar-refractivity contribution in [2.75, 3.05) is 0 Å². The molecule has 8 aromatic carbocycles. The van der Waals surface area contributed by atoms with E-state index in [4.69, 9.17) is 15.0 Å². The summed E-state index contributed by atoms with van der Waals surface area (Å²) in [4.78, 5) is 14.8. The lowest BCUT2D eigenvalue weighted by Gasteiger charge is -2.16. The number of hydrogen-bond donors (Lipinski definition) is 0. The molecule has 0 N–H and O–H groups in total. The third-order valence-electron chi connectivity index (χ3n) is 10.4. The van der Waals surface area contributed by atoms with Gasteiger partial charge in [0.1, 0.15) is 0 Å². The zero-order chi connectivity index (χ0) is 36.0. The van der Waals surface area contributed by atoms with Gasteiger partial charge in [0.05, 0.1) is 11.6 Å². The molecule has 250 valence electrons. The van der Waals surface area contributed by atoms with Crippen molar-refractivity contribution in [3.63, 3.8) is 0 Å². The summed E-state index contributed by atoms with van der Waals surface area (Å²) in [5.74, 6) is 1.92. The molecule has 4 nitrogen and oxygen atoms in total. The Balaban J connectivity index is 1.10. The summed E-state index contributed by atoms with van der Waals surface area (Å²) in [5, 5.41) is 11.8. The van der Waals surface area contributed by atoms with E-state index in [0.29, 0.717) is 23.0 Å². The number of benzene rings is 8. The van der Waals surface area contributed by atoms with Gasteiger partial charge in [-0.05, 0) is 78.5 Å². The molecule has 0 amide bonds. The summed E-state index contributed by atoms with van der Waals surface area (Å²) in [6.45, 7) is 0. The van der Waals surface area contributed by atoms with E-state index in [2.05, 4.69) is 103 Å². The first kappa shape index (κ1) is 31.3. The maximum Gasteiger partial charge on any atom is 0.164 e. The Bertz CT molecular complexity index is 2800. The first-order valence-electron chi connectivity index (χ1n) is 18.0. The molecule has 1 aromatic heterocycles. The van der Waals surface area contributed by atoms with E-state index in [1.165, 1.54) is 44.2 Å².